The van der Waals surface area contributed by atoms with E-state index in [-0.39, 0.29) is 17.5 Å². The molecule has 2 atom stereocenters. The molecule has 0 radical (unpaired) electrons. The molecule has 0 saturated heterocycles. The molecular weight excluding hydrogens is 240 g/mol. The van der Waals surface area contributed by atoms with Gasteiger partial charge in [-0.15, -0.1) is 0 Å². The van der Waals surface area contributed by atoms with E-state index in [0.29, 0.717) is 23.0 Å². The molecule has 1 heterocycles. The van der Waals surface area contributed by atoms with Gasteiger partial charge in [-0.05, 0) is 26.2 Å². The van der Waals surface area contributed by atoms with Crippen molar-refractivity contribution in [2.75, 3.05) is 0 Å². The molecule has 1 aliphatic rings. The minimum Gasteiger partial charge on any atom is -0.465 e. The van der Waals surface area contributed by atoms with Crippen molar-refractivity contribution in [1.29, 1.82) is 0 Å². The molecule has 0 aliphatic heterocycles. The van der Waals surface area contributed by atoms with Crippen LogP contribution in [-0.2, 0) is 16.6 Å². The number of sulfonamides is 1. The van der Waals surface area contributed by atoms with Gasteiger partial charge < -0.3 is 10.2 Å². The first-order valence-electron chi connectivity index (χ1n) is 5.68. The maximum atomic E-state index is 12.2. The van der Waals surface area contributed by atoms with E-state index in [1.807, 2.05) is 6.92 Å². The zero-order valence-corrected chi connectivity index (χ0v) is 11.1. The van der Waals surface area contributed by atoms with E-state index in [1.165, 1.54) is 0 Å². The van der Waals surface area contributed by atoms with Crippen molar-refractivity contribution >= 4 is 10.0 Å². The summed E-state index contributed by atoms with van der Waals surface area (Å²) in [6.07, 6.45) is 0.896. The Morgan fingerprint density at radius 3 is 2.47 bits per heavy atom. The van der Waals surface area contributed by atoms with Gasteiger partial charge in [0.1, 0.15) is 16.4 Å². The zero-order valence-electron chi connectivity index (χ0n) is 10.3. The molecule has 0 spiro atoms. The minimum absolute atomic E-state index is 0.0558. The lowest BCUT2D eigenvalue weighted by atomic mass is 10.2. The molecule has 3 N–H and O–H groups in total. The number of furan rings is 1. The number of nitrogens with one attached hydrogen (secondary N) is 1. The van der Waals surface area contributed by atoms with Crippen molar-refractivity contribution in [1.82, 2.24) is 4.72 Å². The van der Waals surface area contributed by atoms with E-state index in [0.717, 1.165) is 6.42 Å². The lowest BCUT2D eigenvalue weighted by Gasteiger charge is -2.06. The van der Waals surface area contributed by atoms with Gasteiger partial charge in [-0.3, -0.25) is 0 Å². The van der Waals surface area contributed by atoms with Crippen molar-refractivity contribution in [3.8, 4) is 0 Å². The number of hydrogen-bond donors (Lipinski definition) is 2. The molecule has 5 nitrogen and oxygen atoms in total. The topological polar surface area (TPSA) is 85.3 Å². The lowest BCUT2D eigenvalue weighted by molar-refractivity contribution is 0.494. The van der Waals surface area contributed by atoms with E-state index < -0.39 is 10.0 Å². The highest BCUT2D eigenvalue weighted by atomic mass is 32.2. The van der Waals surface area contributed by atoms with E-state index in [9.17, 15) is 8.42 Å². The molecular formula is C11H18N2O3S. The third-order valence-electron chi connectivity index (χ3n) is 3.21. The molecule has 2 unspecified atom stereocenters. The van der Waals surface area contributed by atoms with Crippen molar-refractivity contribution in [3.63, 3.8) is 0 Å². The van der Waals surface area contributed by atoms with Crippen LogP contribution in [0.15, 0.2) is 9.31 Å². The molecule has 17 heavy (non-hydrogen) atoms. The first kappa shape index (κ1) is 12.6. The second-order valence-corrected chi connectivity index (χ2v) is 6.32. The average Bonchev–Trinajstić information content (AvgIpc) is 2.77. The fourth-order valence-corrected chi connectivity index (χ4v) is 3.86. The third kappa shape index (κ3) is 2.25. The van der Waals surface area contributed by atoms with Gasteiger partial charge in [0.25, 0.3) is 0 Å². The Balaban J connectivity index is 2.38. The summed E-state index contributed by atoms with van der Waals surface area (Å²) >= 11 is 0. The number of nitrogens with two attached hydrogens (primary N) is 1. The maximum absolute atomic E-state index is 12.2. The third-order valence-corrected chi connectivity index (χ3v) is 4.90. The van der Waals surface area contributed by atoms with Gasteiger partial charge in [0.15, 0.2) is 0 Å². The van der Waals surface area contributed by atoms with Crippen LogP contribution in [0.2, 0.25) is 0 Å². The summed E-state index contributed by atoms with van der Waals surface area (Å²) < 4.78 is 32.5. The Morgan fingerprint density at radius 1 is 1.41 bits per heavy atom. The summed E-state index contributed by atoms with van der Waals surface area (Å²) in [5, 5.41) is 0. The molecule has 1 aromatic heterocycles. The number of rotatable bonds is 4. The van der Waals surface area contributed by atoms with Crippen LogP contribution in [0.1, 0.15) is 30.4 Å². The molecule has 2 rings (SSSR count). The highest BCUT2D eigenvalue weighted by Gasteiger charge is 2.38. The van der Waals surface area contributed by atoms with Gasteiger partial charge >= 0.3 is 0 Å². The average molecular weight is 258 g/mol. The van der Waals surface area contributed by atoms with Crippen LogP contribution < -0.4 is 10.5 Å². The molecule has 0 bridgehead atoms. The van der Waals surface area contributed by atoms with Crippen LogP contribution in [0.4, 0.5) is 0 Å². The summed E-state index contributed by atoms with van der Waals surface area (Å²) in [6, 6.07) is 0.0558. The summed E-state index contributed by atoms with van der Waals surface area (Å²) in [5.41, 5.74) is 6.16. The molecule has 1 aromatic rings. The van der Waals surface area contributed by atoms with Gasteiger partial charge in [-0.2, -0.15) is 0 Å². The van der Waals surface area contributed by atoms with Crippen LogP contribution in [0.25, 0.3) is 0 Å². The first-order chi connectivity index (χ1) is 7.86. The van der Waals surface area contributed by atoms with Gasteiger partial charge in [-0.25, -0.2) is 13.1 Å². The largest absolute Gasteiger partial charge is 0.465 e. The van der Waals surface area contributed by atoms with E-state index in [4.69, 9.17) is 10.2 Å². The first-order valence-corrected chi connectivity index (χ1v) is 7.16. The molecule has 1 saturated carbocycles. The summed E-state index contributed by atoms with van der Waals surface area (Å²) in [4.78, 5) is 0.219. The predicted molar refractivity (Wildman–Crippen MR) is 64.0 cm³/mol. The fourth-order valence-electron chi connectivity index (χ4n) is 2.04. The SMILES string of the molecule is Cc1oc(C)c(S(=O)(=O)NC2CC2C)c1CN. The summed E-state index contributed by atoms with van der Waals surface area (Å²) in [6.45, 7) is 5.56. The second kappa shape index (κ2) is 4.12. The van der Waals surface area contributed by atoms with Crippen molar-refractivity contribution in [2.24, 2.45) is 11.7 Å². The van der Waals surface area contributed by atoms with Crippen LogP contribution in [0.3, 0.4) is 0 Å². The highest BCUT2D eigenvalue weighted by Crippen LogP contribution is 2.33. The standard InChI is InChI=1S/C11H18N2O3S/c1-6-4-10(6)13-17(14,15)11-8(3)16-7(2)9(11)5-12/h6,10,13H,4-5,12H2,1-3H3. The van der Waals surface area contributed by atoms with Gasteiger partial charge in [0, 0.05) is 18.2 Å². The van der Waals surface area contributed by atoms with Gasteiger partial charge in [0.2, 0.25) is 10.0 Å². The zero-order chi connectivity index (χ0) is 12.8. The van der Waals surface area contributed by atoms with Crippen LogP contribution >= 0.6 is 0 Å². The molecule has 96 valence electrons. The Bertz CT molecular complexity index is 533. The van der Waals surface area contributed by atoms with Crippen molar-refractivity contribution in [3.05, 3.63) is 17.1 Å². The monoisotopic (exact) mass is 258 g/mol. The Morgan fingerprint density at radius 2 is 2.00 bits per heavy atom. The van der Waals surface area contributed by atoms with Gasteiger partial charge in [-0.1, -0.05) is 6.92 Å². The second-order valence-electron chi connectivity index (χ2n) is 4.67. The smallest absolute Gasteiger partial charge is 0.244 e. The Labute approximate surface area is 101 Å². The van der Waals surface area contributed by atoms with E-state index in [1.54, 1.807) is 13.8 Å². The molecule has 0 aromatic carbocycles. The summed E-state index contributed by atoms with van der Waals surface area (Å²) in [5.74, 6) is 1.40. The lowest BCUT2D eigenvalue weighted by Crippen LogP contribution is -2.28. The number of hydrogen-bond acceptors (Lipinski definition) is 4. The van der Waals surface area contributed by atoms with E-state index >= 15 is 0 Å². The molecule has 1 fully saturated rings. The van der Waals surface area contributed by atoms with Crippen molar-refractivity contribution in [2.45, 2.75) is 44.7 Å². The molecule has 0 amide bonds. The highest BCUT2D eigenvalue weighted by molar-refractivity contribution is 7.89. The van der Waals surface area contributed by atoms with Crippen LogP contribution in [0.5, 0.6) is 0 Å². The van der Waals surface area contributed by atoms with E-state index in [2.05, 4.69) is 4.72 Å². The van der Waals surface area contributed by atoms with Gasteiger partial charge in [0.05, 0.1) is 0 Å². The number of aryl methyl sites for hydroxylation is 2. The minimum atomic E-state index is -3.51. The summed E-state index contributed by atoms with van der Waals surface area (Å²) in [7, 11) is -3.51. The van der Waals surface area contributed by atoms with Crippen LogP contribution in [-0.4, -0.2) is 14.5 Å². The molecule has 6 heteroatoms. The predicted octanol–water partition coefficient (Wildman–Crippen LogP) is 1.04. The van der Waals surface area contributed by atoms with Crippen molar-refractivity contribution < 1.29 is 12.8 Å². The fraction of sp³-hybridized carbons (Fsp3) is 0.636. The van der Waals surface area contributed by atoms with Crippen LogP contribution in [0, 0.1) is 19.8 Å². The quantitative estimate of drug-likeness (QED) is 0.845. The Hall–Kier alpha value is -0.850. The maximum Gasteiger partial charge on any atom is 0.244 e. The Kier molecular flexibility index (Phi) is 3.05. The molecule has 1 aliphatic carbocycles. The normalized spacial score (nSPS) is 24.0.